The van der Waals surface area contributed by atoms with E-state index in [0.717, 1.165) is 12.0 Å². The second-order valence-corrected chi connectivity index (χ2v) is 7.00. The fourth-order valence-corrected chi connectivity index (χ4v) is 2.70. The van der Waals surface area contributed by atoms with Gasteiger partial charge in [-0.15, -0.1) is 0 Å². The third-order valence-corrected chi connectivity index (χ3v) is 4.46. The van der Waals surface area contributed by atoms with Crippen molar-refractivity contribution in [2.45, 2.75) is 43.8 Å². The molecule has 1 aromatic carbocycles. The number of rotatable bonds is 14. The molecule has 31 heavy (non-hydrogen) atoms. The zero-order valence-electron chi connectivity index (χ0n) is 17.3. The second-order valence-electron chi connectivity index (χ2n) is 7.00. The van der Waals surface area contributed by atoms with E-state index in [4.69, 9.17) is 21.7 Å². The molecule has 0 heterocycles. The molecule has 0 aliphatic rings. The highest BCUT2D eigenvalue weighted by Gasteiger charge is 2.26. The number of benzene rings is 1. The third kappa shape index (κ3) is 10.0. The van der Waals surface area contributed by atoms with Crippen molar-refractivity contribution in [1.29, 1.82) is 0 Å². The Labute approximate surface area is 180 Å². The summed E-state index contributed by atoms with van der Waals surface area (Å²) >= 11 is 0. The van der Waals surface area contributed by atoms with Gasteiger partial charge in [0.1, 0.15) is 12.1 Å². The van der Waals surface area contributed by atoms with Gasteiger partial charge in [0.05, 0.1) is 19.2 Å². The van der Waals surface area contributed by atoms with Crippen molar-refractivity contribution in [3.05, 3.63) is 35.9 Å². The molecule has 0 saturated heterocycles. The molecule has 0 saturated carbocycles. The van der Waals surface area contributed by atoms with Gasteiger partial charge in [-0.25, -0.2) is 4.79 Å². The minimum Gasteiger partial charge on any atom is -0.480 e. The van der Waals surface area contributed by atoms with Crippen molar-refractivity contribution in [2.24, 2.45) is 11.5 Å². The van der Waals surface area contributed by atoms with Gasteiger partial charge in [-0.1, -0.05) is 36.8 Å². The van der Waals surface area contributed by atoms with E-state index in [1.807, 2.05) is 0 Å². The summed E-state index contributed by atoms with van der Waals surface area (Å²) in [6.07, 6.45) is 1.94. The van der Waals surface area contributed by atoms with E-state index in [1.54, 1.807) is 30.3 Å². The van der Waals surface area contributed by atoms with E-state index in [1.165, 1.54) is 0 Å². The molecule has 0 aliphatic heterocycles. The van der Waals surface area contributed by atoms with E-state index in [0.29, 0.717) is 19.4 Å². The van der Waals surface area contributed by atoms with E-state index in [9.17, 15) is 19.2 Å². The normalized spacial score (nSPS) is 13.5. The summed E-state index contributed by atoms with van der Waals surface area (Å²) in [7, 11) is 0. The minimum atomic E-state index is -1.51. The molecule has 0 aromatic heterocycles. The number of carbonyl (C=O) groups excluding carboxylic acids is 3. The number of hydrogen-bond acceptors (Lipinski definition) is 7. The Morgan fingerprint density at radius 1 is 0.968 bits per heavy atom. The van der Waals surface area contributed by atoms with Crippen LogP contribution in [0.15, 0.2) is 30.3 Å². The van der Waals surface area contributed by atoms with Crippen LogP contribution in [0, 0.1) is 0 Å². The maximum atomic E-state index is 12.5. The molecule has 3 amide bonds. The maximum absolute atomic E-state index is 12.5. The second kappa shape index (κ2) is 14.1. The average molecular weight is 437 g/mol. The fraction of sp³-hybridized carbons (Fsp3) is 0.500. The maximum Gasteiger partial charge on any atom is 0.328 e. The van der Waals surface area contributed by atoms with Gasteiger partial charge >= 0.3 is 5.97 Å². The molecule has 1 aromatic rings. The number of nitrogens with two attached hydrogens (primary N) is 2. The lowest BCUT2D eigenvalue weighted by molar-refractivity contribution is -0.143. The highest BCUT2D eigenvalue weighted by Crippen LogP contribution is 2.04. The molecule has 3 unspecified atom stereocenters. The van der Waals surface area contributed by atoms with Crippen LogP contribution >= 0.6 is 0 Å². The summed E-state index contributed by atoms with van der Waals surface area (Å²) in [5.74, 6) is -3.32. The molecule has 172 valence electrons. The topological polar surface area (TPSA) is 197 Å². The number of unbranched alkanes of at least 4 members (excludes halogenated alkanes) is 1. The zero-order valence-corrected chi connectivity index (χ0v) is 17.3. The van der Waals surface area contributed by atoms with Gasteiger partial charge in [-0.05, 0) is 24.9 Å². The summed E-state index contributed by atoms with van der Waals surface area (Å²) in [6.45, 7) is -0.698. The number of aliphatic hydroxyl groups is 1. The molecule has 3 atom stereocenters. The molecule has 0 spiro atoms. The molecule has 0 bridgehead atoms. The van der Waals surface area contributed by atoms with E-state index in [2.05, 4.69) is 16.0 Å². The Bertz CT molecular complexity index is 730. The largest absolute Gasteiger partial charge is 0.480 e. The third-order valence-electron chi connectivity index (χ3n) is 4.46. The number of carboxylic acid groups (broad SMARTS) is 1. The average Bonchev–Trinajstić information content (AvgIpc) is 2.75. The van der Waals surface area contributed by atoms with E-state index < -0.39 is 55.0 Å². The van der Waals surface area contributed by atoms with E-state index in [-0.39, 0.29) is 6.42 Å². The first-order valence-corrected chi connectivity index (χ1v) is 9.99. The Hall–Kier alpha value is -3.02. The summed E-state index contributed by atoms with van der Waals surface area (Å²) < 4.78 is 0. The Balaban J connectivity index is 2.70. The number of aliphatic carboxylic acids is 1. The van der Waals surface area contributed by atoms with Crippen molar-refractivity contribution in [3.63, 3.8) is 0 Å². The van der Waals surface area contributed by atoms with Crippen LogP contribution in [-0.4, -0.2) is 71.7 Å². The number of amides is 3. The van der Waals surface area contributed by atoms with Crippen molar-refractivity contribution in [3.8, 4) is 0 Å². The van der Waals surface area contributed by atoms with Crippen LogP contribution in [0.5, 0.6) is 0 Å². The molecule has 0 aliphatic carbocycles. The van der Waals surface area contributed by atoms with Crippen molar-refractivity contribution >= 4 is 23.7 Å². The number of hydrogen-bond donors (Lipinski definition) is 7. The number of carbonyl (C=O) groups is 4. The molecular formula is C20H31N5O6. The standard InChI is InChI=1S/C20H31N5O6/c21-9-5-4-8-14(22)18(28)23-11-17(27)24-15(10-13-6-2-1-3-7-13)19(29)25-16(12-26)20(30)31/h1-3,6-7,14-16,26H,4-5,8-12,21-22H2,(H,23,28)(H,24,27)(H,25,29)(H,30,31). The monoisotopic (exact) mass is 437 g/mol. The van der Waals surface area contributed by atoms with Gasteiger partial charge in [0.25, 0.3) is 0 Å². The van der Waals surface area contributed by atoms with Crippen LogP contribution in [0.4, 0.5) is 0 Å². The molecule has 0 radical (unpaired) electrons. The van der Waals surface area contributed by atoms with E-state index >= 15 is 0 Å². The van der Waals surface area contributed by atoms with Crippen LogP contribution in [0.3, 0.4) is 0 Å². The fourth-order valence-electron chi connectivity index (χ4n) is 2.70. The molecule has 11 nitrogen and oxygen atoms in total. The lowest BCUT2D eigenvalue weighted by Gasteiger charge is -2.21. The summed E-state index contributed by atoms with van der Waals surface area (Å²) in [5.41, 5.74) is 11.9. The summed E-state index contributed by atoms with van der Waals surface area (Å²) in [5, 5.41) is 25.2. The lowest BCUT2D eigenvalue weighted by Crippen LogP contribution is -2.55. The molecule has 11 heteroatoms. The summed E-state index contributed by atoms with van der Waals surface area (Å²) in [4.78, 5) is 47.9. The van der Waals surface area contributed by atoms with Crippen LogP contribution < -0.4 is 27.4 Å². The van der Waals surface area contributed by atoms with Crippen LogP contribution in [0.25, 0.3) is 0 Å². The SMILES string of the molecule is NCCCCC(N)C(=O)NCC(=O)NC(Cc1ccccc1)C(=O)NC(CO)C(=O)O. The quantitative estimate of drug-likeness (QED) is 0.160. The Morgan fingerprint density at radius 2 is 1.65 bits per heavy atom. The Morgan fingerprint density at radius 3 is 2.23 bits per heavy atom. The predicted molar refractivity (Wildman–Crippen MR) is 113 cm³/mol. The highest BCUT2D eigenvalue weighted by molar-refractivity contribution is 5.92. The highest BCUT2D eigenvalue weighted by atomic mass is 16.4. The van der Waals surface area contributed by atoms with Gasteiger partial charge in [-0.3, -0.25) is 14.4 Å². The summed E-state index contributed by atoms with van der Waals surface area (Å²) in [6, 6.07) is 5.40. The lowest BCUT2D eigenvalue weighted by atomic mass is 10.0. The number of aliphatic hydroxyl groups excluding tert-OH is 1. The van der Waals surface area contributed by atoms with Crippen LogP contribution in [0.2, 0.25) is 0 Å². The molecular weight excluding hydrogens is 406 g/mol. The van der Waals surface area contributed by atoms with Crippen molar-refractivity contribution < 1.29 is 29.4 Å². The van der Waals surface area contributed by atoms with Gasteiger partial charge < -0.3 is 37.6 Å². The zero-order chi connectivity index (χ0) is 23.2. The first-order valence-electron chi connectivity index (χ1n) is 9.99. The number of carboxylic acids is 1. The van der Waals surface area contributed by atoms with Gasteiger partial charge in [-0.2, -0.15) is 0 Å². The predicted octanol–water partition coefficient (Wildman–Crippen LogP) is -2.15. The number of nitrogens with one attached hydrogen (secondary N) is 3. The van der Waals surface area contributed by atoms with Crippen LogP contribution in [-0.2, 0) is 25.6 Å². The minimum absolute atomic E-state index is 0.0860. The first kappa shape index (κ1) is 26.0. The molecule has 0 fully saturated rings. The first-order chi connectivity index (χ1) is 14.8. The van der Waals surface area contributed by atoms with Crippen molar-refractivity contribution in [2.75, 3.05) is 19.7 Å². The Kier molecular flexibility index (Phi) is 11.8. The smallest absolute Gasteiger partial charge is 0.328 e. The molecule has 9 N–H and O–H groups in total. The van der Waals surface area contributed by atoms with Crippen LogP contribution in [0.1, 0.15) is 24.8 Å². The van der Waals surface area contributed by atoms with Gasteiger partial charge in [0.2, 0.25) is 17.7 Å². The van der Waals surface area contributed by atoms with Gasteiger partial charge in [0, 0.05) is 6.42 Å². The van der Waals surface area contributed by atoms with Gasteiger partial charge in [0.15, 0.2) is 0 Å². The van der Waals surface area contributed by atoms with Crippen molar-refractivity contribution in [1.82, 2.24) is 16.0 Å². The molecule has 1 rings (SSSR count).